The molecule has 0 bridgehead atoms. The van der Waals surface area contributed by atoms with Gasteiger partial charge in [0.15, 0.2) is 0 Å². The Bertz CT molecular complexity index is 1370. The Labute approximate surface area is 232 Å². The van der Waals surface area contributed by atoms with Gasteiger partial charge in [0.2, 0.25) is 0 Å². The number of methoxy groups -OCH3 is 1. The molecule has 1 aliphatic carbocycles. The van der Waals surface area contributed by atoms with Crippen LogP contribution in [-0.2, 0) is 22.6 Å². The molecular formula is C32H42N4O3. The quantitative estimate of drug-likeness (QED) is 0.441. The molecule has 3 aliphatic rings. The van der Waals surface area contributed by atoms with Gasteiger partial charge in [0.05, 0.1) is 37.1 Å². The number of carbonyl (C=O) groups is 1. The standard InChI is InChI=1S/C32H42N4O3/c1-21-5-8-27-26(15-21)19-39-20-30(27)33-29-17-25(32(37)35-11-9-34(10-12-35)13-14-38-4)16-28-22(2)23(3)36(31(28)29)18-24-6-7-24/h5,8,15-17,24,30,33H,6-7,9-14,18-20H2,1-4H3. The Balaban J connectivity index is 1.36. The third-order valence-corrected chi connectivity index (χ3v) is 8.93. The Hall–Kier alpha value is -2.87. The van der Waals surface area contributed by atoms with E-state index in [1.807, 2.05) is 4.90 Å². The fourth-order valence-corrected chi connectivity index (χ4v) is 6.26. The molecule has 7 heteroatoms. The minimum atomic E-state index is 0.0390. The number of carbonyl (C=O) groups excluding carboxylic acids is 1. The number of hydrogen-bond acceptors (Lipinski definition) is 5. The van der Waals surface area contributed by atoms with Crippen molar-refractivity contribution in [3.05, 3.63) is 63.8 Å². The van der Waals surface area contributed by atoms with Crippen LogP contribution >= 0.6 is 0 Å². The van der Waals surface area contributed by atoms with E-state index in [1.165, 1.54) is 51.7 Å². The second-order valence-electron chi connectivity index (χ2n) is 11.7. The molecule has 6 rings (SSSR count). The van der Waals surface area contributed by atoms with Gasteiger partial charge in [-0.15, -0.1) is 0 Å². The number of benzene rings is 2. The van der Waals surface area contributed by atoms with Gasteiger partial charge in [0.25, 0.3) is 5.91 Å². The van der Waals surface area contributed by atoms with Gasteiger partial charge < -0.3 is 24.3 Å². The zero-order valence-corrected chi connectivity index (χ0v) is 23.9. The zero-order chi connectivity index (χ0) is 27.1. The van der Waals surface area contributed by atoms with Crippen molar-refractivity contribution in [2.24, 2.45) is 5.92 Å². The zero-order valence-electron chi connectivity index (χ0n) is 23.9. The number of rotatable bonds is 8. The maximum absolute atomic E-state index is 13.9. The average molecular weight is 531 g/mol. The lowest BCUT2D eigenvalue weighted by molar-refractivity contribution is 0.0594. The number of aromatic nitrogens is 1. The van der Waals surface area contributed by atoms with Gasteiger partial charge >= 0.3 is 0 Å². The maximum Gasteiger partial charge on any atom is 0.254 e. The first-order valence-electron chi connectivity index (χ1n) is 14.5. The van der Waals surface area contributed by atoms with Crippen LogP contribution in [0.2, 0.25) is 0 Å². The monoisotopic (exact) mass is 530 g/mol. The second kappa shape index (κ2) is 11.0. The van der Waals surface area contributed by atoms with Crippen molar-refractivity contribution in [1.82, 2.24) is 14.4 Å². The van der Waals surface area contributed by atoms with Crippen LogP contribution in [0.3, 0.4) is 0 Å². The van der Waals surface area contributed by atoms with E-state index in [4.69, 9.17) is 9.47 Å². The molecule has 1 unspecified atom stereocenters. The molecule has 1 amide bonds. The van der Waals surface area contributed by atoms with Gasteiger partial charge in [-0.2, -0.15) is 0 Å². The first kappa shape index (κ1) is 26.4. The summed E-state index contributed by atoms with van der Waals surface area (Å²) in [6, 6.07) is 10.9. The highest BCUT2D eigenvalue weighted by Gasteiger charge is 2.29. The summed E-state index contributed by atoms with van der Waals surface area (Å²) in [6.45, 7) is 13.8. The van der Waals surface area contributed by atoms with Crippen molar-refractivity contribution in [3.63, 3.8) is 0 Å². The minimum absolute atomic E-state index is 0.0390. The summed E-state index contributed by atoms with van der Waals surface area (Å²) in [5, 5.41) is 5.05. The maximum atomic E-state index is 13.9. The summed E-state index contributed by atoms with van der Waals surface area (Å²) < 4.78 is 13.8. The lowest BCUT2D eigenvalue weighted by Gasteiger charge is -2.34. The molecule has 3 heterocycles. The SMILES string of the molecule is COCCN1CCN(C(=O)c2cc(NC3COCc4cc(C)ccc43)c3c(c2)c(C)c(C)n3CC2CC2)CC1. The third-order valence-electron chi connectivity index (χ3n) is 8.93. The fraction of sp³-hybridized carbons (Fsp3) is 0.531. The number of anilines is 1. The van der Waals surface area contributed by atoms with E-state index in [0.717, 1.165) is 63.0 Å². The highest BCUT2D eigenvalue weighted by molar-refractivity contribution is 6.04. The van der Waals surface area contributed by atoms with Crippen LogP contribution < -0.4 is 5.32 Å². The lowest BCUT2D eigenvalue weighted by Crippen LogP contribution is -2.49. The molecule has 3 aromatic rings. The van der Waals surface area contributed by atoms with Crippen LogP contribution in [0.4, 0.5) is 5.69 Å². The number of hydrogen-bond donors (Lipinski definition) is 1. The summed E-state index contributed by atoms with van der Waals surface area (Å²) in [4.78, 5) is 18.2. The van der Waals surface area contributed by atoms with Crippen LogP contribution in [0.1, 0.15) is 57.2 Å². The van der Waals surface area contributed by atoms with Crippen LogP contribution in [0.15, 0.2) is 30.3 Å². The molecule has 2 aliphatic heterocycles. The molecule has 39 heavy (non-hydrogen) atoms. The second-order valence-corrected chi connectivity index (χ2v) is 11.7. The van der Waals surface area contributed by atoms with E-state index in [2.05, 4.69) is 65.9 Å². The molecule has 1 N–H and O–H groups in total. The summed E-state index contributed by atoms with van der Waals surface area (Å²) >= 11 is 0. The third kappa shape index (κ3) is 5.32. The number of nitrogens with one attached hydrogen (secondary N) is 1. The predicted molar refractivity (Wildman–Crippen MR) is 156 cm³/mol. The van der Waals surface area contributed by atoms with Gasteiger partial charge in [-0.25, -0.2) is 0 Å². The summed E-state index contributed by atoms with van der Waals surface area (Å²) in [6.07, 6.45) is 2.61. The van der Waals surface area contributed by atoms with Gasteiger partial charge in [0, 0.05) is 63.0 Å². The van der Waals surface area contributed by atoms with Crippen molar-refractivity contribution >= 4 is 22.5 Å². The molecule has 208 valence electrons. The molecule has 0 radical (unpaired) electrons. The van der Waals surface area contributed by atoms with Gasteiger partial charge in [-0.3, -0.25) is 9.69 Å². The van der Waals surface area contributed by atoms with E-state index in [0.29, 0.717) is 13.2 Å². The van der Waals surface area contributed by atoms with E-state index in [9.17, 15) is 4.79 Å². The smallest absolute Gasteiger partial charge is 0.254 e. The summed E-state index contributed by atoms with van der Waals surface area (Å²) in [5.41, 5.74) is 9.37. The molecule has 1 aromatic heterocycles. The Morgan fingerprint density at radius 3 is 2.62 bits per heavy atom. The largest absolute Gasteiger partial charge is 0.383 e. The highest BCUT2D eigenvalue weighted by Crippen LogP contribution is 2.39. The Morgan fingerprint density at radius 1 is 1.08 bits per heavy atom. The molecular weight excluding hydrogens is 488 g/mol. The van der Waals surface area contributed by atoms with Crippen LogP contribution in [0, 0.1) is 26.7 Å². The van der Waals surface area contributed by atoms with Crippen molar-refractivity contribution in [3.8, 4) is 0 Å². The summed E-state index contributed by atoms with van der Waals surface area (Å²) in [7, 11) is 1.74. The molecule has 2 aromatic carbocycles. The van der Waals surface area contributed by atoms with Crippen molar-refractivity contribution < 1.29 is 14.3 Å². The van der Waals surface area contributed by atoms with E-state index in [1.54, 1.807) is 7.11 Å². The van der Waals surface area contributed by atoms with E-state index < -0.39 is 0 Å². The van der Waals surface area contributed by atoms with E-state index >= 15 is 0 Å². The topological polar surface area (TPSA) is 59.0 Å². The molecule has 2 fully saturated rings. The van der Waals surface area contributed by atoms with Crippen molar-refractivity contribution in [2.45, 2.75) is 52.8 Å². The normalized spacial score (nSPS) is 19.9. The number of fused-ring (bicyclic) bond motifs is 2. The number of piperazine rings is 1. The molecule has 1 atom stereocenters. The fourth-order valence-electron chi connectivity index (χ4n) is 6.26. The predicted octanol–water partition coefficient (Wildman–Crippen LogP) is 5.06. The average Bonchev–Trinajstić information content (AvgIpc) is 3.74. The first-order valence-corrected chi connectivity index (χ1v) is 14.5. The molecule has 1 saturated carbocycles. The van der Waals surface area contributed by atoms with Crippen molar-refractivity contribution in [2.75, 3.05) is 58.4 Å². The highest BCUT2D eigenvalue weighted by atomic mass is 16.5. The van der Waals surface area contributed by atoms with Crippen LogP contribution in [-0.4, -0.2) is 73.3 Å². The van der Waals surface area contributed by atoms with Crippen LogP contribution in [0.25, 0.3) is 10.9 Å². The lowest BCUT2D eigenvalue weighted by atomic mass is 9.96. The van der Waals surface area contributed by atoms with Crippen molar-refractivity contribution in [1.29, 1.82) is 0 Å². The van der Waals surface area contributed by atoms with Gasteiger partial charge in [0.1, 0.15) is 0 Å². The molecule has 7 nitrogen and oxygen atoms in total. The van der Waals surface area contributed by atoms with Crippen LogP contribution in [0.5, 0.6) is 0 Å². The number of nitrogens with zero attached hydrogens (tertiary/aromatic N) is 3. The van der Waals surface area contributed by atoms with Gasteiger partial charge in [-0.1, -0.05) is 23.8 Å². The van der Waals surface area contributed by atoms with E-state index in [-0.39, 0.29) is 11.9 Å². The number of amides is 1. The summed E-state index contributed by atoms with van der Waals surface area (Å²) in [5.74, 6) is 0.873. The Kier molecular flexibility index (Phi) is 7.40. The van der Waals surface area contributed by atoms with Gasteiger partial charge in [-0.05, 0) is 68.4 Å². The minimum Gasteiger partial charge on any atom is -0.383 e. The number of aryl methyl sites for hydroxylation is 2. The molecule has 0 spiro atoms. The first-order chi connectivity index (χ1) is 18.9. The molecule has 1 saturated heterocycles. The Morgan fingerprint density at radius 2 is 1.87 bits per heavy atom. The number of ether oxygens (including phenoxy) is 2.